The average molecular weight is 555 g/mol. The molecule has 2 heterocycles. The number of benzene rings is 2. The van der Waals surface area contributed by atoms with Gasteiger partial charge in [-0.3, -0.25) is 19.5 Å². The number of fused-ring (bicyclic) bond motifs is 1. The third-order valence-electron chi connectivity index (χ3n) is 5.54. The molecule has 1 fully saturated rings. The molecule has 2 aromatic carbocycles. The first-order chi connectivity index (χ1) is 15.0. The number of guanidine groups is 1. The van der Waals surface area contributed by atoms with E-state index in [2.05, 4.69) is 10.3 Å². The fraction of sp³-hybridized carbons (Fsp3) is 0.318. The summed E-state index contributed by atoms with van der Waals surface area (Å²) in [6, 6.07) is 10.2. The molecule has 0 radical (unpaired) electrons. The van der Waals surface area contributed by atoms with Crippen molar-refractivity contribution in [1.82, 2.24) is 15.1 Å². The summed E-state index contributed by atoms with van der Waals surface area (Å²) in [6.07, 6.45) is 0. The molecule has 0 aromatic heterocycles. The van der Waals surface area contributed by atoms with Crippen molar-refractivity contribution in [3.05, 3.63) is 65.2 Å². The Kier molecular flexibility index (Phi) is 7.64. The number of nitrogens with one attached hydrogen (secondary N) is 1. The molecule has 32 heavy (non-hydrogen) atoms. The second-order valence-electron chi connectivity index (χ2n) is 7.35. The van der Waals surface area contributed by atoms with Gasteiger partial charge in [-0.25, -0.2) is 8.78 Å². The standard InChI is InChI=1S/C22H23F2N5O2.HI/c1-25-22(26-8-9-29-20(30)16-4-2-3-5-17(16)21(29)31)28-12-10-27(11-13-28)19-14-15(23)6-7-18(19)24;/h2-7,14H,8-13H2,1H3,(H,25,26);1H. The van der Waals surface area contributed by atoms with Crippen molar-refractivity contribution in [2.24, 2.45) is 4.99 Å². The smallest absolute Gasteiger partial charge is 0.261 e. The average Bonchev–Trinajstić information content (AvgIpc) is 3.03. The zero-order chi connectivity index (χ0) is 22.0. The first kappa shape index (κ1) is 23.9. The number of carbonyl (C=O) groups excluding carboxylic acids is 2. The molecule has 0 saturated carbocycles. The first-order valence-corrected chi connectivity index (χ1v) is 10.1. The fourth-order valence-corrected chi connectivity index (χ4v) is 3.94. The Labute approximate surface area is 202 Å². The third-order valence-corrected chi connectivity index (χ3v) is 5.54. The molecule has 0 atom stereocenters. The summed E-state index contributed by atoms with van der Waals surface area (Å²) in [5.41, 5.74) is 1.11. The number of piperazine rings is 1. The van der Waals surface area contributed by atoms with Crippen LogP contribution >= 0.6 is 24.0 Å². The zero-order valence-corrected chi connectivity index (χ0v) is 19.9. The summed E-state index contributed by atoms with van der Waals surface area (Å²) in [5, 5.41) is 3.19. The molecule has 0 unspecified atom stereocenters. The van der Waals surface area contributed by atoms with Crippen LogP contribution in [-0.4, -0.2) is 73.9 Å². The Morgan fingerprint density at radius 3 is 2.22 bits per heavy atom. The molecule has 10 heteroatoms. The second-order valence-corrected chi connectivity index (χ2v) is 7.35. The van der Waals surface area contributed by atoms with Gasteiger partial charge in [0, 0.05) is 52.4 Å². The lowest BCUT2D eigenvalue weighted by molar-refractivity contribution is 0.0657. The van der Waals surface area contributed by atoms with Crippen LogP contribution in [0.25, 0.3) is 0 Å². The normalized spacial score (nSPS) is 16.2. The number of rotatable bonds is 4. The van der Waals surface area contributed by atoms with E-state index >= 15 is 0 Å². The van der Waals surface area contributed by atoms with Crippen molar-refractivity contribution >= 4 is 47.4 Å². The van der Waals surface area contributed by atoms with Gasteiger partial charge in [-0.1, -0.05) is 12.1 Å². The van der Waals surface area contributed by atoms with E-state index in [9.17, 15) is 18.4 Å². The quantitative estimate of drug-likeness (QED) is 0.272. The summed E-state index contributed by atoms with van der Waals surface area (Å²) in [5.74, 6) is -0.856. The Bertz CT molecular complexity index is 1010. The summed E-state index contributed by atoms with van der Waals surface area (Å²) in [7, 11) is 1.66. The molecule has 2 aromatic rings. The van der Waals surface area contributed by atoms with Gasteiger partial charge in [-0.2, -0.15) is 0 Å². The van der Waals surface area contributed by atoms with Crippen molar-refractivity contribution in [3.63, 3.8) is 0 Å². The van der Waals surface area contributed by atoms with Crippen LogP contribution in [-0.2, 0) is 0 Å². The third kappa shape index (κ3) is 4.69. The van der Waals surface area contributed by atoms with Crippen LogP contribution in [0.3, 0.4) is 0 Å². The van der Waals surface area contributed by atoms with Crippen molar-refractivity contribution in [2.75, 3.05) is 51.2 Å². The molecule has 0 aliphatic carbocycles. The van der Waals surface area contributed by atoms with Gasteiger partial charge in [0.05, 0.1) is 16.8 Å². The molecule has 4 rings (SSSR count). The molecule has 1 saturated heterocycles. The molecule has 7 nitrogen and oxygen atoms in total. The maximum atomic E-state index is 14.0. The molecule has 0 bridgehead atoms. The van der Waals surface area contributed by atoms with Crippen LogP contribution in [0.1, 0.15) is 20.7 Å². The van der Waals surface area contributed by atoms with Crippen LogP contribution < -0.4 is 10.2 Å². The minimum atomic E-state index is -0.468. The number of imide groups is 1. The van der Waals surface area contributed by atoms with Gasteiger partial charge in [0.2, 0.25) is 0 Å². The first-order valence-electron chi connectivity index (χ1n) is 10.1. The van der Waals surface area contributed by atoms with Crippen LogP contribution in [0.2, 0.25) is 0 Å². The minimum Gasteiger partial charge on any atom is -0.366 e. The maximum absolute atomic E-state index is 14.0. The van der Waals surface area contributed by atoms with Gasteiger partial charge in [-0.15, -0.1) is 24.0 Å². The predicted molar refractivity (Wildman–Crippen MR) is 129 cm³/mol. The maximum Gasteiger partial charge on any atom is 0.261 e. The summed E-state index contributed by atoms with van der Waals surface area (Å²) < 4.78 is 27.5. The fourth-order valence-electron chi connectivity index (χ4n) is 3.94. The summed E-state index contributed by atoms with van der Waals surface area (Å²) in [4.78, 5) is 34.2. The van der Waals surface area contributed by atoms with E-state index in [1.54, 1.807) is 36.2 Å². The van der Waals surface area contributed by atoms with Gasteiger partial charge in [0.15, 0.2) is 5.96 Å². The molecular formula is C22H24F2IN5O2. The SMILES string of the molecule is CN=C(NCCN1C(=O)c2ccccc2C1=O)N1CCN(c2cc(F)ccc2F)CC1.I. The number of amides is 2. The zero-order valence-electron chi connectivity index (χ0n) is 17.6. The molecule has 0 spiro atoms. The van der Waals surface area contributed by atoms with Crippen molar-refractivity contribution in [3.8, 4) is 0 Å². The van der Waals surface area contributed by atoms with Crippen LogP contribution in [0, 0.1) is 11.6 Å². The highest BCUT2D eigenvalue weighted by atomic mass is 127. The van der Waals surface area contributed by atoms with E-state index in [0.717, 1.165) is 12.1 Å². The monoisotopic (exact) mass is 555 g/mol. The van der Waals surface area contributed by atoms with E-state index in [1.807, 2.05) is 4.90 Å². The van der Waals surface area contributed by atoms with E-state index < -0.39 is 11.6 Å². The Morgan fingerprint density at radius 1 is 1.00 bits per heavy atom. The van der Waals surface area contributed by atoms with Crippen LogP contribution in [0.4, 0.5) is 14.5 Å². The summed E-state index contributed by atoms with van der Waals surface area (Å²) >= 11 is 0. The number of halogens is 3. The van der Waals surface area contributed by atoms with Crippen molar-refractivity contribution in [2.45, 2.75) is 0 Å². The molecular weight excluding hydrogens is 531 g/mol. The second kappa shape index (κ2) is 10.2. The highest BCUT2D eigenvalue weighted by Crippen LogP contribution is 2.23. The summed E-state index contributed by atoms with van der Waals surface area (Å²) in [6.45, 7) is 2.75. The van der Waals surface area contributed by atoms with Gasteiger partial charge in [-0.05, 0) is 24.3 Å². The number of hydrogen-bond acceptors (Lipinski definition) is 4. The Balaban J connectivity index is 0.00000289. The number of anilines is 1. The van der Waals surface area contributed by atoms with E-state index in [0.29, 0.717) is 49.8 Å². The number of hydrogen-bond donors (Lipinski definition) is 1. The number of carbonyl (C=O) groups is 2. The highest BCUT2D eigenvalue weighted by molar-refractivity contribution is 14.0. The van der Waals surface area contributed by atoms with Crippen molar-refractivity contribution < 1.29 is 18.4 Å². The predicted octanol–water partition coefficient (Wildman–Crippen LogP) is 2.58. The molecule has 2 aliphatic rings. The number of aliphatic imine (C=N–C) groups is 1. The molecule has 1 N–H and O–H groups in total. The van der Waals surface area contributed by atoms with Gasteiger partial charge in [0.25, 0.3) is 11.8 Å². The molecule has 170 valence electrons. The van der Waals surface area contributed by atoms with Crippen molar-refractivity contribution in [1.29, 1.82) is 0 Å². The largest absolute Gasteiger partial charge is 0.366 e. The van der Waals surface area contributed by atoms with Gasteiger partial charge in [0.1, 0.15) is 11.6 Å². The Morgan fingerprint density at radius 2 is 1.62 bits per heavy atom. The van der Waals surface area contributed by atoms with Gasteiger partial charge >= 0.3 is 0 Å². The van der Waals surface area contributed by atoms with Crippen LogP contribution in [0.5, 0.6) is 0 Å². The molecule has 2 amide bonds. The lowest BCUT2D eigenvalue weighted by atomic mass is 10.1. The molecule has 2 aliphatic heterocycles. The van der Waals surface area contributed by atoms with Crippen LogP contribution in [0.15, 0.2) is 47.5 Å². The lowest BCUT2D eigenvalue weighted by Crippen LogP contribution is -2.53. The highest BCUT2D eigenvalue weighted by Gasteiger charge is 2.34. The van der Waals surface area contributed by atoms with E-state index in [4.69, 9.17) is 0 Å². The number of nitrogens with zero attached hydrogens (tertiary/aromatic N) is 4. The lowest BCUT2D eigenvalue weighted by Gasteiger charge is -2.37. The van der Waals surface area contributed by atoms with E-state index in [-0.39, 0.29) is 48.0 Å². The minimum absolute atomic E-state index is 0. The Hall–Kier alpha value is -2.76. The van der Waals surface area contributed by atoms with E-state index in [1.165, 1.54) is 11.0 Å². The topological polar surface area (TPSA) is 68.2 Å². The van der Waals surface area contributed by atoms with Gasteiger partial charge < -0.3 is 15.1 Å².